The van der Waals surface area contributed by atoms with Gasteiger partial charge in [-0.1, -0.05) is 55.5 Å². The van der Waals surface area contributed by atoms with Gasteiger partial charge < -0.3 is 15.4 Å². The van der Waals surface area contributed by atoms with Gasteiger partial charge in [-0.2, -0.15) is 0 Å². The van der Waals surface area contributed by atoms with Crippen LogP contribution in [0.2, 0.25) is 0 Å². The average Bonchev–Trinajstić information content (AvgIpc) is 3.28. The Bertz CT molecular complexity index is 1760. The van der Waals surface area contributed by atoms with E-state index in [0.717, 1.165) is 5.56 Å². The number of H-pyrrole nitrogens is 1. The number of amides is 1. The summed E-state index contributed by atoms with van der Waals surface area (Å²) in [4.78, 5) is 19.7. The van der Waals surface area contributed by atoms with Crippen molar-refractivity contribution in [3.8, 4) is 5.88 Å². The largest absolute Gasteiger partial charge is 0.494 e. The fourth-order valence-electron chi connectivity index (χ4n) is 4.15. The number of carbonyl (C=O) groups is 1. The summed E-state index contributed by atoms with van der Waals surface area (Å²) in [5, 5.41) is 14.4. The van der Waals surface area contributed by atoms with Gasteiger partial charge in [-0.15, -0.1) is 0 Å². The minimum absolute atomic E-state index is 0.0846. The van der Waals surface area contributed by atoms with Gasteiger partial charge in [-0.3, -0.25) is 9.52 Å². The van der Waals surface area contributed by atoms with E-state index < -0.39 is 10.0 Å². The first-order valence-corrected chi connectivity index (χ1v) is 13.8. The van der Waals surface area contributed by atoms with Crippen LogP contribution in [-0.4, -0.2) is 30.1 Å². The van der Waals surface area contributed by atoms with Crippen LogP contribution in [0, 0.1) is 0 Å². The highest BCUT2D eigenvalue weighted by atomic mass is 32.2. The summed E-state index contributed by atoms with van der Waals surface area (Å²) in [5.74, 6) is -0.180. The average molecular weight is 539 g/mol. The number of hydrogen-bond donors (Lipinski definition) is 4. The fourth-order valence-corrected chi connectivity index (χ4v) is 5.22. The lowest BCUT2D eigenvalue weighted by molar-refractivity contribution is -0.115. The van der Waals surface area contributed by atoms with Gasteiger partial charge in [-0.25, -0.2) is 13.4 Å². The lowest BCUT2D eigenvalue weighted by atomic mass is 10.0. The van der Waals surface area contributed by atoms with E-state index in [-0.39, 0.29) is 16.7 Å². The Balaban J connectivity index is 1.59. The molecule has 0 atom stereocenters. The second-order valence-corrected chi connectivity index (χ2v) is 10.5. The zero-order valence-corrected chi connectivity index (χ0v) is 21.9. The van der Waals surface area contributed by atoms with E-state index in [2.05, 4.69) is 15.0 Å². The predicted molar refractivity (Wildman–Crippen MR) is 154 cm³/mol. The van der Waals surface area contributed by atoms with Crippen molar-refractivity contribution in [3.63, 3.8) is 0 Å². The van der Waals surface area contributed by atoms with Gasteiger partial charge in [-0.05, 0) is 54.6 Å². The van der Waals surface area contributed by atoms with Crippen molar-refractivity contribution in [2.45, 2.75) is 18.2 Å². The zero-order chi connectivity index (χ0) is 27.4. The molecule has 8 nitrogen and oxygen atoms in total. The number of benzene rings is 4. The molecule has 1 heterocycles. The van der Waals surface area contributed by atoms with E-state index in [1.165, 1.54) is 12.1 Å². The number of rotatable bonds is 8. The topological polar surface area (TPSA) is 124 Å². The minimum atomic E-state index is -3.81. The van der Waals surface area contributed by atoms with E-state index in [0.29, 0.717) is 45.7 Å². The van der Waals surface area contributed by atoms with Crippen LogP contribution in [0.5, 0.6) is 5.88 Å². The number of hydrogen-bond acceptors (Lipinski definition) is 5. The number of nitrogens with one attached hydrogen (secondary N) is 3. The Morgan fingerprint density at radius 2 is 1.51 bits per heavy atom. The first-order chi connectivity index (χ1) is 18.8. The van der Waals surface area contributed by atoms with Crippen molar-refractivity contribution in [1.82, 2.24) is 4.98 Å². The first kappa shape index (κ1) is 25.7. The van der Waals surface area contributed by atoms with Crippen LogP contribution in [0.1, 0.15) is 24.5 Å². The number of aromatic nitrogens is 1. The lowest BCUT2D eigenvalue weighted by Crippen LogP contribution is -2.12. The van der Waals surface area contributed by atoms with Gasteiger partial charge in [0.05, 0.1) is 21.9 Å². The SMILES string of the molecule is CCC(=O)Nc1ccc(N=C(c2ccccc2)c2c(O)[nH]c3ccc(NS(=O)(=O)c4ccccc4)cc23)cc1. The number of sulfonamides is 1. The van der Waals surface area contributed by atoms with E-state index in [1.807, 2.05) is 30.3 Å². The van der Waals surface area contributed by atoms with E-state index in [4.69, 9.17) is 4.99 Å². The van der Waals surface area contributed by atoms with E-state index in [9.17, 15) is 18.3 Å². The Morgan fingerprint density at radius 1 is 0.872 bits per heavy atom. The maximum atomic E-state index is 12.9. The van der Waals surface area contributed by atoms with Crippen molar-refractivity contribution in [2.75, 3.05) is 10.0 Å². The monoisotopic (exact) mass is 538 g/mol. The van der Waals surface area contributed by atoms with Gasteiger partial charge in [0, 0.05) is 34.3 Å². The summed E-state index contributed by atoms with van der Waals surface area (Å²) in [6.45, 7) is 1.78. The van der Waals surface area contributed by atoms with Crippen LogP contribution < -0.4 is 10.0 Å². The molecule has 0 aliphatic carbocycles. The number of aliphatic imine (C=N–C) groups is 1. The molecule has 0 aliphatic rings. The van der Waals surface area contributed by atoms with Crippen LogP contribution in [0.25, 0.3) is 10.9 Å². The molecule has 1 amide bonds. The molecule has 0 bridgehead atoms. The predicted octanol–water partition coefficient (Wildman–Crippen LogP) is 6.19. The third kappa shape index (κ3) is 5.68. The molecule has 4 aromatic carbocycles. The Hall–Kier alpha value is -4.89. The van der Waals surface area contributed by atoms with Crippen molar-refractivity contribution in [2.24, 2.45) is 4.99 Å². The number of carbonyl (C=O) groups excluding carboxylic acids is 1. The standard InChI is InChI=1S/C30H26N4O4S/c1-2-27(35)31-21-13-15-22(16-14-21)32-29(20-9-5-3-6-10-20)28-25-19-23(17-18-26(25)33-30(28)36)34-39(37,38)24-11-7-4-8-12-24/h3-19,33-34,36H,2H2,1H3,(H,31,35). The molecule has 0 radical (unpaired) electrons. The summed E-state index contributed by atoms with van der Waals surface area (Å²) in [5.41, 5.74) is 3.91. The van der Waals surface area contributed by atoms with Crippen LogP contribution >= 0.6 is 0 Å². The van der Waals surface area contributed by atoms with Crippen molar-refractivity contribution >= 4 is 49.6 Å². The molecular weight excluding hydrogens is 512 g/mol. The van der Waals surface area contributed by atoms with Crippen molar-refractivity contribution in [3.05, 3.63) is 114 Å². The molecule has 0 aliphatic heterocycles. The van der Waals surface area contributed by atoms with Gasteiger partial charge >= 0.3 is 0 Å². The Morgan fingerprint density at radius 3 is 2.18 bits per heavy atom. The molecule has 1 aromatic heterocycles. The molecule has 0 spiro atoms. The number of aromatic hydroxyl groups is 1. The molecule has 0 saturated heterocycles. The molecule has 196 valence electrons. The maximum Gasteiger partial charge on any atom is 0.261 e. The van der Waals surface area contributed by atoms with Crippen LogP contribution in [0.15, 0.2) is 113 Å². The van der Waals surface area contributed by atoms with Crippen LogP contribution in [0.4, 0.5) is 17.1 Å². The lowest BCUT2D eigenvalue weighted by Gasteiger charge is -2.10. The highest BCUT2D eigenvalue weighted by Gasteiger charge is 2.20. The van der Waals surface area contributed by atoms with Crippen LogP contribution in [-0.2, 0) is 14.8 Å². The Labute approximate surface area is 226 Å². The first-order valence-electron chi connectivity index (χ1n) is 12.3. The molecular formula is C30H26N4O4S. The molecule has 5 aromatic rings. The second kappa shape index (κ2) is 10.8. The number of anilines is 2. The molecule has 39 heavy (non-hydrogen) atoms. The van der Waals surface area contributed by atoms with E-state index >= 15 is 0 Å². The fraction of sp³-hybridized carbons (Fsp3) is 0.0667. The van der Waals surface area contributed by atoms with Gasteiger partial charge in [0.25, 0.3) is 10.0 Å². The Kier molecular flexibility index (Phi) is 7.16. The summed E-state index contributed by atoms with van der Waals surface area (Å²) in [6.07, 6.45) is 0.376. The third-order valence-electron chi connectivity index (χ3n) is 6.08. The van der Waals surface area contributed by atoms with E-state index in [1.54, 1.807) is 67.6 Å². The molecule has 5 rings (SSSR count). The summed E-state index contributed by atoms with van der Waals surface area (Å²) in [6, 6.07) is 29.6. The minimum Gasteiger partial charge on any atom is -0.494 e. The number of fused-ring (bicyclic) bond motifs is 1. The quantitative estimate of drug-likeness (QED) is 0.176. The summed E-state index contributed by atoms with van der Waals surface area (Å²) >= 11 is 0. The molecule has 0 unspecified atom stereocenters. The highest BCUT2D eigenvalue weighted by Crippen LogP contribution is 2.34. The summed E-state index contributed by atoms with van der Waals surface area (Å²) < 4.78 is 28.5. The summed E-state index contributed by atoms with van der Waals surface area (Å²) in [7, 11) is -3.81. The number of nitrogens with zero attached hydrogens (tertiary/aromatic N) is 1. The molecule has 4 N–H and O–H groups in total. The van der Waals surface area contributed by atoms with Gasteiger partial charge in [0.2, 0.25) is 5.91 Å². The highest BCUT2D eigenvalue weighted by molar-refractivity contribution is 7.92. The van der Waals surface area contributed by atoms with Crippen LogP contribution in [0.3, 0.4) is 0 Å². The zero-order valence-electron chi connectivity index (χ0n) is 21.0. The molecule has 0 saturated carbocycles. The normalized spacial score (nSPS) is 11.9. The molecule has 9 heteroatoms. The van der Waals surface area contributed by atoms with Gasteiger partial charge in [0.15, 0.2) is 5.88 Å². The van der Waals surface area contributed by atoms with Crippen molar-refractivity contribution < 1.29 is 18.3 Å². The second-order valence-electron chi connectivity index (χ2n) is 8.80. The van der Waals surface area contributed by atoms with Gasteiger partial charge in [0.1, 0.15) is 0 Å². The smallest absolute Gasteiger partial charge is 0.261 e. The molecule has 0 fully saturated rings. The van der Waals surface area contributed by atoms with Crippen molar-refractivity contribution in [1.29, 1.82) is 0 Å². The third-order valence-corrected chi connectivity index (χ3v) is 7.48. The number of aromatic amines is 1. The maximum absolute atomic E-state index is 12.9.